The van der Waals surface area contributed by atoms with Crippen LogP contribution in [0.2, 0.25) is 0 Å². The Hall–Kier alpha value is -1.03. The van der Waals surface area contributed by atoms with Crippen molar-refractivity contribution in [1.29, 1.82) is 0 Å². The highest BCUT2D eigenvalue weighted by molar-refractivity contribution is 7.91. The Morgan fingerprint density at radius 2 is 1.65 bits per heavy atom. The molecule has 1 aromatic rings. The predicted octanol–water partition coefficient (Wildman–Crippen LogP) is 3.33. The Labute approximate surface area is 121 Å². The van der Waals surface area contributed by atoms with E-state index in [2.05, 4.69) is 5.32 Å². The molecule has 2 aliphatic rings. The third kappa shape index (κ3) is 3.17. The Morgan fingerprint density at radius 1 is 1.10 bits per heavy atom. The van der Waals surface area contributed by atoms with Crippen molar-refractivity contribution in [1.82, 2.24) is 0 Å². The van der Waals surface area contributed by atoms with Gasteiger partial charge < -0.3 is 5.32 Å². The summed E-state index contributed by atoms with van der Waals surface area (Å²) in [7, 11) is -3.08. The maximum absolute atomic E-state index is 11.8. The summed E-state index contributed by atoms with van der Waals surface area (Å²) < 4.78 is 23.5. The fourth-order valence-electron chi connectivity index (χ4n) is 2.95. The topological polar surface area (TPSA) is 46.2 Å². The van der Waals surface area contributed by atoms with Crippen molar-refractivity contribution in [2.45, 2.75) is 37.5 Å². The van der Waals surface area contributed by atoms with Crippen LogP contribution in [0.5, 0.6) is 0 Å². The zero-order valence-corrected chi connectivity index (χ0v) is 12.8. The van der Waals surface area contributed by atoms with Crippen LogP contribution in [0.15, 0.2) is 29.2 Å². The first kappa shape index (κ1) is 13.9. The molecule has 0 unspecified atom stereocenters. The van der Waals surface area contributed by atoms with E-state index in [1.807, 2.05) is 12.1 Å². The minimum atomic E-state index is -3.08. The fourth-order valence-corrected chi connectivity index (χ4v) is 3.83. The van der Waals surface area contributed by atoms with Crippen LogP contribution in [-0.2, 0) is 9.84 Å². The van der Waals surface area contributed by atoms with Gasteiger partial charge in [0.2, 0.25) is 0 Å². The number of hydrogen-bond donors (Lipinski definition) is 1. The van der Waals surface area contributed by atoms with Crippen molar-refractivity contribution in [2.75, 3.05) is 17.6 Å². The van der Waals surface area contributed by atoms with Crippen molar-refractivity contribution in [3.8, 4) is 0 Å². The molecule has 2 fully saturated rings. The highest BCUT2D eigenvalue weighted by atomic mass is 32.2. The van der Waals surface area contributed by atoms with Gasteiger partial charge in [-0.05, 0) is 67.7 Å². The largest absolute Gasteiger partial charge is 0.385 e. The molecule has 0 atom stereocenters. The highest BCUT2D eigenvalue weighted by Gasteiger charge is 2.40. The first-order chi connectivity index (χ1) is 9.60. The number of benzene rings is 1. The second-order valence-electron chi connectivity index (χ2n) is 6.15. The van der Waals surface area contributed by atoms with E-state index >= 15 is 0 Å². The molecule has 0 aliphatic heterocycles. The molecular formula is C16H23NO2S. The molecule has 0 radical (unpaired) electrons. The van der Waals surface area contributed by atoms with E-state index in [-0.39, 0.29) is 5.75 Å². The van der Waals surface area contributed by atoms with E-state index in [9.17, 15) is 8.42 Å². The molecule has 2 saturated carbocycles. The number of anilines is 1. The SMILES string of the molecule is CCS(=O)(=O)c1ccc(NCC(C2CC2)C2CC2)cc1. The zero-order chi connectivity index (χ0) is 14.2. The average Bonchev–Trinajstić information content (AvgIpc) is 3.33. The Kier molecular flexibility index (Phi) is 3.76. The van der Waals surface area contributed by atoms with Gasteiger partial charge in [0.25, 0.3) is 0 Å². The van der Waals surface area contributed by atoms with Gasteiger partial charge in [0, 0.05) is 12.2 Å². The van der Waals surface area contributed by atoms with Crippen LogP contribution in [0.1, 0.15) is 32.6 Å². The molecule has 1 N–H and O–H groups in total. The molecule has 0 heterocycles. The van der Waals surface area contributed by atoms with Gasteiger partial charge in [-0.2, -0.15) is 0 Å². The summed E-state index contributed by atoms with van der Waals surface area (Å²) >= 11 is 0. The molecule has 2 aliphatic carbocycles. The molecule has 0 amide bonds. The lowest BCUT2D eigenvalue weighted by Gasteiger charge is -2.17. The standard InChI is InChI=1S/C16H23NO2S/c1-2-20(18,19)15-9-7-14(8-10-15)17-11-16(12-3-4-12)13-5-6-13/h7-10,12-13,16-17H,2-6,11H2,1H3. The van der Waals surface area contributed by atoms with Crippen molar-refractivity contribution in [3.05, 3.63) is 24.3 Å². The molecule has 0 spiro atoms. The normalized spacial score (nSPS) is 19.3. The molecule has 3 rings (SSSR count). The van der Waals surface area contributed by atoms with Crippen LogP contribution < -0.4 is 5.32 Å². The van der Waals surface area contributed by atoms with Crippen LogP contribution in [0.3, 0.4) is 0 Å². The molecule has 110 valence electrons. The lowest BCUT2D eigenvalue weighted by Crippen LogP contribution is -2.18. The van der Waals surface area contributed by atoms with Gasteiger partial charge in [-0.3, -0.25) is 0 Å². The first-order valence-electron chi connectivity index (χ1n) is 7.67. The lowest BCUT2D eigenvalue weighted by molar-refractivity contribution is 0.428. The van der Waals surface area contributed by atoms with Crippen molar-refractivity contribution < 1.29 is 8.42 Å². The van der Waals surface area contributed by atoms with E-state index in [1.165, 1.54) is 25.7 Å². The molecular weight excluding hydrogens is 270 g/mol. The number of nitrogens with one attached hydrogen (secondary N) is 1. The molecule has 3 nitrogen and oxygen atoms in total. The Bertz CT molecular complexity index is 545. The summed E-state index contributed by atoms with van der Waals surface area (Å²) in [5.74, 6) is 2.86. The maximum atomic E-state index is 11.8. The zero-order valence-electron chi connectivity index (χ0n) is 12.0. The number of hydrogen-bond acceptors (Lipinski definition) is 3. The van der Waals surface area contributed by atoms with Gasteiger partial charge in [-0.15, -0.1) is 0 Å². The minimum Gasteiger partial charge on any atom is -0.385 e. The summed E-state index contributed by atoms with van der Waals surface area (Å²) in [6.45, 7) is 2.71. The predicted molar refractivity (Wildman–Crippen MR) is 81.6 cm³/mol. The summed E-state index contributed by atoms with van der Waals surface area (Å²) in [4.78, 5) is 0.423. The van der Waals surface area contributed by atoms with Crippen LogP contribution in [0.25, 0.3) is 0 Å². The second-order valence-corrected chi connectivity index (χ2v) is 8.43. The van der Waals surface area contributed by atoms with Crippen LogP contribution in [-0.4, -0.2) is 20.7 Å². The van der Waals surface area contributed by atoms with Crippen molar-refractivity contribution in [3.63, 3.8) is 0 Å². The molecule has 0 bridgehead atoms. The lowest BCUT2D eigenvalue weighted by atomic mass is 9.98. The smallest absolute Gasteiger partial charge is 0.178 e. The van der Waals surface area contributed by atoms with Gasteiger partial charge in [-0.25, -0.2) is 8.42 Å². The van der Waals surface area contributed by atoms with Crippen LogP contribution in [0.4, 0.5) is 5.69 Å². The van der Waals surface area contributed by atoms with Gasteiger partial charge in [-0.1, -0.05) is 6.92 Å². The third-order valence-corrected chi connectivity index (χ3v) is 6.34. The molecule has 0 aromatic heterocycles. The summed E-state index contributed by atoms with van der Waals surface area (Å²) in [5, 5.41) is 3.49. The Morgan fingerprint density at radius 3 is 2.10 bits per heavy atom. The van der Waals surface area contributed by atoms with E-state index < -0.39 is 9.84 Å². The molecule has 0 saturated heterocycles. The minimum absolute atomic E-state index is 0.158. The average molecular weight is 293 g/mol. The van der Waals surface area contributed by atoms with Gasteiger partial charge in [0.15, 0.2) is 9.84 Å². The summed E-state index contributed by atoms with van der Waals surface area (Å²) in [6, 6.07) is 7.20. The highest BCUT2D eigenvalue weighted by Crippen LogP contribution is 2.49. The summed E-state index contributed by atoms with van der Waals surface area (Å²) in [6.07, 6.45) is 5.60. The maximum Gasteiger partial charge on any atom is 0.178 e. The van der Waals surface area contributed by atoms with Gasteiger partial charge in [0.05, 0.1) is 10.6 Å². The fraction of sp³-hybridized carbons (Fsp3) is 0.625. The van der Waals surface area contributed by atoms with Crippen molar-refractivity contribution in [2.24, 2.45) is 17.8 Å². The van der Waals surface area contributed by atoms with E-state index in [0.29, 0.717) is 4.90 Å². The molecule has 20 heavy (non-hydrogen) atoms. The van der Waals surface area contributed by atoms with Crippen LogP contribution >= 0.6 is 0 Å². The monoisotopic (exact) mass is 293 g/mol. The van der Waals surface area contributed by atoms with E-state index in [1.54, 1.807) is 19.1 Å². The quantitative estimate of drug-likeness (QED) is 0.839. The summed E-state index contributed by atoms with van der Waals surface area (Å²) in [5.41, 5.74) is 1.03. The van der Waals surface area contributed by atoms with E-state index in [4.69, 9.17) is 0 Å². The molecule has 1 aromatic carbocycles. The third-order valence-electron chi connectivity index (χ3n) is 4.59. The van der Waals surface area contributed by atoms with Gasteiger partial charge >= 0.3 is 0 Å². The van der Waals surface area contributed by atoms with Gasteiger partial charge in [0.1, 0.15) is 0 Å². The van der Waals surface area contributed by atoms with Crippen LogP contribution in [0, 0.1) is 17.8 Å². The number of rotatable bonds is 7. The number of sulfone groups is 1. The first-order valence-corrected chi connectivity index (χ1v) is 9.32. The second kappa shape index (κ2) is 5.40. The Balaban J connectivity index is 1.60. The molecule has 4 heteroatoms. The van der Waals surface area contributed by atoms with Crippen molar-refractivity contribution >= 4 is 15.5 Å². The van der Waals surface area contributed by atoms with E-state index in [0.717, 1.165) is 30.0 Å².